The molecule has 0 unspecified atom stereocenters. The third-order valence-corrected chi connectivity index (χ3v) is 1.97. The molecule has 0 aromatic carbocycles. The molecular formula is C11H12N4. The maximum Gasteiger partial charge on any atom is 0.128 e. The minimum atomic E-state index is 0.520. The molecule has 0 amide bonds. The number of hydrogen-bond donors (Lipinski definition) is 2. The molecule has 2 rings (SSSR count). The standard InChI is InChI=1S/C11H12N4/c12-10-4-1-5-11(15-10)14-8-9-3-2-6-13-7-9/h1-7H,8H2,(H3,12,14,15). The quantitative estimate of drug-likeness (QED) is 0.791. The van der Waals surface area contributed by atoms with E-state index in [1.54, 1.807) is 12.3 Å². The number of aromatic nitrogens is 2. The van der Waals surface area contributed by atoms with Crippen molar-refractivity contribution in [2.24, 2.45) is 0 Å². The molecule has 2 aromatic rings. The van der Waals surface area contributed by atoms with Gasteiger partial charge in [-0.1, -0.05) is 12.1 Å². The highest BCUT2D eigenvalue weighted by Gasteiger charge is 1.94. The summed E-state index contributed by atoms with van der Waals surface area (Å²) in [7, 11) is 0. The predicted molar refractivity (Wildman–Crippen MR) is 60.2 cm³/mol. The third-order valence-electron chi connectivity index (χ3n) is 1.97. The summed E-state index contributed by atoms with van der Waals surface area (Å²) in [4.78, 5) is 8.16. The first kappa shape index (κ1) is 9.45. The molecule has 0 radical (unpaired) electrons. The Morgan fingerprint density at radius 3 is 2.87 bits per heavy atom. The maximum atomic E-state index is 5.56. The van der Waals surface area contributed by atoms with Gasteiger partial charge in [-0.25, -0.2) is 4.98 Å². The molecule has 4 nitrogen and oxygen atoms in total. The predicted octanol–water partition coefficient (Wildman–Crippen LogP) is 1.67. The van der Waals surface area contributed by atoms with Gasteiger partial charge >= 0.3 is 0 Å². The van der Waals surface area contributed by atoms with E-state index in [-0.39, 0.29) is 0 Å². The first-order valence-electron chi connectivity index (χ1n) is 4.70. The lowest BCUT2D eigenvalue weighted by molar-refractivity contribution is 1.09. The van der Waals surface area contributed by atoms with Crippen LogP contribution in [0.2, 0.25) is 0 Å². The average Bonchev–Trinajstić information content (AvgIpc) is 2.28. The summed E-state index contributed by atoms with van der Waals surface area (Å²) in [6.45, 7) is 0.699. The number of nitrogens with two attached hydrogens (primary N) is 1. The Balaban J connectivity index is 1.99. The van der Waals surface area contributed by atoms with E-state index in [9.17, 15) is 0 Å². The lowest BCUT2D eigenvalue weighted by Gasteiger charge is -2.05. The summed E-state index contributed by atoms with van der Waals surface area (Å²) in [5.41, 5.74) is 6.68. The number of nitrogen functional groups attached to an aromatic ring is 1. The van der Waals surface area contributed by atoms with Crippen molar-refractivity contribution in [1.82, 2.24) is 9.97 Å². The molecule has 2 heterocycles. The van der Waals surface area contributed by atoms with Gasteiger partial charge in [0.05, 0.1) is 0 Å². The van der Waals surface area contributed by atoms with Gasteiger partial charge in [-0.15, -0.1) is 0 Å². The summed E-state index contributed by atoms with van der Waals surface area (Å²) in [5.74, 6) is 1.30. The maximum absolute atomic E-state index is 5.56. The van der Waals surface area contributed by atoms with E-state index in [1.165, 1.54) is 0 Å². The van der Waals surface area contributed by atoms with E-state index < -0.39 is 0 Å². The van der Waals surface area contributed by atoms with Gasteiger partial charge in [0, 0.05) is 18.9 Å². The van der Waals surface area contributed by atoms with Crippen LogP contribution >= 0.6 is 0 Å². The molecule has 0 aliphatic rings. The van der Waals surface area contributed by atoms with Gasteiger partial charge in [-0.3, -0.25) is 4.98 Å². The number of anilines is 2. The zero-order valence-electron chi connectivity index (χ0n) is 8.22. The van der Waals surface area contributed by atoms with Gasteiger partial charge in [-0.05, 0) is 23.8 Å². The molecule has 0 aliphatic carbocycles. The summed E-state index contributed by atoms with van der Waals surface area (Å²) in [6, 6.07) is 9.42. The van der Waals surface area contributed by atoms with Gasteiger partial charge in [0.15, 0.2) is 0 Å². The Labute approximate surface area is 88.2 Å². The van der Waals surface area contributed by atoms with E-state index in [0.29, 0.717) is 12.4 Å². The van der Waals surface area contributed by atoms with Crippen molar-refractivity contribution in [2.75, 3.05) is 11.1 Å². The van der Waals surface area contributed by atoms with Crippen LogP contribution < -0.4 is 11.1 Å². The summed E-state index contributed by atoms with van der Waals surface area (Å²) >= 11 is 0. The second-order valence-corrected chi connectivity index (χ2v) is 3.16. The van der Waals surface area contributed by atoms with Crippen LogP contribution in [0.15, 0.2) is 42.7 Å². The largest absolute Gasteiger partial charge is 0.384 e. The van der Waals surface area contributed by atoms with Crippen molar-refractivity contribution in [3.05, 3.63) is 48.3 Å². The van der Waals surface area contributed by atoms with Crippen LogP contribution in [-0.2, 0) is 6.54 Å². The first-order chi connectivity index (χ1) is 7.34. The molecule has 0 saturated carbocycles. The van der Waals surface area contributed by atoms with Gasteiger partial charge in [0.1, 0.15) is 11.6 Å². The first-order valence-corrected chi connectivity index (χ1v) is 4.70. The van der Waals surface area contributed by atoms with Crippen molar-refractivity contribution >= 4 is 11.6 Å². The lowest BCUT2D eigenvalue weighted by Crippen LogP contribution is -2.02. The fourth-order valence-electron chi connectivity index (χ4n) is 1.25. The van der Waals surface area contributed by atoms with Crippen LogP contribution in [0.3, 0.4) is 0 Å². The highest BCUT2D eigenvalue weighted by Crippen LogP contribution is 2.07. The molecule has 0 saturated heterocycles. The zero-order chi connectivity index (χ0) is 10.5. The molecule has 0 bridgehead atoms. The van der Waals surface area contributed by atoms with Crippen molar-refractivity contribution < 1.29 is 0 Å². The number of hydrogen-bond acceptors (Lipinski definition) is 4. The molecule has 4 heteroatoms. The molecule has 2 aromatic heterocycles. The molecule has 76 valence electrons. The van der Waals surface area contributed by atoms with Crippen LogP contribution in [0.4, 0.5) is 11.6 Å². The molecule has 3 N–H and O–H groups in total. The van der Waals surface area contributed by atoms with E-state index in [1.807, 2.05) is 30.5 Å². The summed E-state index contributed by atoms with van der Waals surface area (Å²) in [5, 5.41) is 3.17. The van der Waals surface area contributed by atoms with Crippen LogP contribution in [-0.4, -0.2) is 9.97 Å². The number of rotatable bonds is 3. The minimum Gasteiger partial charge on any atom is -0.384 e. The Morgan fingerprint density at radius 2 is 2.13 bits per heavy atom. The molecule has 0 fully saturated rings. The molecule has 0 aliphatic heterocycles. The fourth-order valence-corrected chi connectivity index (χ4v) is 1.25. The Morgan fingerprint density at radius 1 is 1.20 bits per heavy atom. The van der Waals surface area contributed by atoms with Gasteiger partial charge in [0.2, 0.25) is 0 Å². The summed E-state index contributed by atoms with van der Waals surface area (Å²) in [6.07, 6.45) is 3.57. The van der Waals surface area contributed by atoms with Crippen molar-refractivity contribution in [1.29, 1.82) is 0 Å². The van der Waals surface area contributed by atoms with Crippen molar-refractivity contribution in [3.63, 3.8) is 0 Å². The van der Waals surface area contributed by atoms with Gasteiger partial charge in [-0.2, -0.15) is 0 Å². The minimum absolute atomic E-state index is 0.520. The second kappa shape index (κ2) is 4.41. The van der Waals surface area contributed by atoms with Crippen molar-refractivity contribution in [2.45, 2.75) is 6.54 Å². The molecule has 0 spiro atoms. The average molecular weight is 200 g/mol. The highest BCUT2D eigenvalue weighted by atomic mass is 15.0. The van der Waals surface area contributed by atoms with Crippen molar-refractivity contribution in [3.8, 4) is 0 Å². The zero-order valence-corrected chi connectivity index (χ0v) is 8.22. The summed E-state index contributed by atoms with van der Waals surface area (Å²) < 4.78 is 0. The third kappa shape index (κ3) is 2.67. The van der Waals surface area contributed by atoms with Crippen LogP contribution in [0.25, 0.3) is 0 Å². The molecular weight excluding hydrogens is 188 g/mol. The van der Waals surface area contributed by atoms with E-state index in [2.05, 4.69) is 15.3 Å². The monoisotopic (exact) mass is 200 g/mol. The van der Waals surface area contributed by atoms with Crippen LogP contribution in [0.1, 0.15) is 5.56 Å². The Bertz CT molecular complexity index is 428. The lowest BCUT2D eigenvalue weighted by atomic mass is 10.3. The normalized spacial score (nSPS) is 9.87. The van der Waals surface area contributed by atoms with Crippen LogP contribution in [0.5, 0.6) is 0 Å². The highest BCUT2D eigenvalue weighted by molar-refractivity contribution is 5.42. The smallest absolute Gasteiger partial charge is 0.128 e. The molecule has 0 atom stereocenters. The topological polar surface area (TPSA) is 63.8 Å². The van der Waals surface area contributed by atoms with E-state index in [4.69, 9.17) is 5.73 Å². The Hall–Kier alpha value is -2.10. The SMILES string of the molecule is Nc1cccc(NCc2cccnc2)n1. The number of pyridine rings is 2. The van der Waals surface area contributed by atoms with Crippen LogP contribution in [0, 0.1) is 0 Å². The number of nitrogens with one attached hydrogen (secondary N) is 1. The second-order valence-electron chi connectivity index (χ2n) is 3.16. The molecule has 15 heavy (non-hydrogen) atoms. The van der Waals surface area contributed by atoms with Gasteiger partial charge in [0.25, 0.3) is 0 Å². The fraction of sp³-hybridized carbons (Fsp3) is 0.0909. The van der Waals surface area contributed by atoms with Gasteiger partial charge < -0.3 is 11.1 Å². The van der Waals surface area contributed by atoms with E-state index >= 15 is 0 Å². The van der Waals surface area contributed by atoms with E-state index in [0.717, 1.165) is 11.4 Å². The Kier molecular flexibility index (Phi) is 2.78. The number of nitrogens with zero attached hydrogens (tertiary/aromatic N) is 2.